The van der Waals surface area contributed by atoms with E-state index in [4.69, 9.17) is 4.74 Å². The van der Waals surface area contributed by atoms with Crippen LogP contribution in [0.4, 0.5) is 0 Å². The molecule has 1 aliphatic carbocycles. The molecule has 2 fully saturated rings. The molecule has 1 saturated heterocycles. The van der Waals surface area contributed by atoms with Crippen molar-refractivity contribution in [3.63, 3.8) is 0 Å². The normalized spacial score (nSPS) is 26.3. The summed E-state index contributed by atoms with van der Waals surface area (Å²) in [6, 6.07) is 0. The number of aliphatic hydroxyl groups excluding tert-OH is 1. The van der Waals surface area contributed by atoms with E-state index in [1.807, 2.05) is 0 Å². The average Bonchev–Trinajstić information content (AvgIpc) is 2.25. The van der Waals surface area contributed by atoms with E-state index in [-0.39, 0.29) is 11.9 Å². The van der Waals surface area contributed by atoms with Gasteiger partial charge >= 0.3 is 0 Å². The number of sulfonamides is 1. The Labute approximate surface area is 96.2 Å². The molecule has 0 aromatic rings. The molecule has 94 valence electrons. The van der Waals surface area contributed by atoms with E-state index in [9.17, 15) is 13.5 Å². The summed E-state index contributed by atoms with van der Waals surface area (Å²) in [5, 5.41) is 8.89. The summed E-state index contributed by atoms with van der Waals surface area (Å²) in [5.74, 6) is 0. The molecule has 2 rings (SSSR count). The number of hydrogen-bond donors (Lipinski definition) is 2. The molecular weight excluding hydrogens is 230 g/mol. The topological polar surface area (TPSA) is 75.6 Å². The zero-order valence-electron chi connectivity index (χ0n) is 9.31. The minimum Gasteiger partial charge on any atom is -0.394 e. The standard InChI is InChI=1S/C10H19NO4S/c12-8-10(4-1-5-10)11-16(13,14)9-2-6-15-7-3-9/h9,11-12H,1-8H2. The summed E-state index contributed by atoms with van der Waals surface area (Å²) in [6.07, 6.45) is 3.57. The van der Waals surface area contributed by atoms with E-state index < -0.39 is 15.6 Å². The third-order valence-corrected chi connectivity index (χ3v) is 5.65. The molecule has 6 heteroatoms. The van der Waals surface area contributed by atoms with Crippen molar-refractivity contribution in [1.29, 1.82) is 0 Å². The van der Waals surface area contributed by atoms with Crippen LogP contribution in [0.3, 0.4) is 0 Å². The second-order valence-electron chi connectivity index (χ2n) is 4.75. The van der Waals surface area contributed by atoms with Crippen LogP contribution >= 0.6 is 0 Å². The Kier molecular flexibility index (Phi) is 3.53. The van der Waals surface area contributed by atoms with E-state index >= 15 is 0 Å². The van der Waals surface area contributed by atoms with Gasteiger partial charge in [0, 0.05) is 13.2 Å². The van der Waals surface area contributed by atoms with Gasteiger partial charge < -0.3 is 9.84 Å². The molecule has 0 amide bonds. The molecule has 0 radical (unpaired) electrons. The van der Waals surface area contributed by atoms with Gasteiger partial charge in [0.2, 0.25) is 10.0 Å². The molecule has 0 aromatic heterocycles. The lowest BCUT2D eigenvalue weighted by atomic mass is 9.78. The average molecular weight is 249 g/mol. The number of hydrogen-bond acceptors (Lipinski definition) is 4. The van der Waals surface area contributed by atoms with Crippen LogP contribution in [-0.2, 0) is 14.8 Å². The van der Waals surface area contributed by atoms with Gasteiger partial charge in [0.05, 0.1) is 17.4 Å². The van der Waals surface area contributed by atoms with Crippen molar-refractivity contribution in [3.05, 3.63) is 0 Å². The largest absolute Gasteiger partial charge is 0.394 e. The lowest BCUT2D eigenvalue weighted by Gasteiger charge is -2.41. The minimum atomic E-state index is -3.30. The lowest BCUT2D eigenvalue weighted by Crippen LogP contribution is -2.58. The molecule has 5 nitrogen and oxygen atoms in total. The predicted octanol–water partition coefficient (Wildman–Crippen LogP) is -0.000200. The smallest absolute Gasteiger partial charge is 0.215 e. The van der Waals surface area contributed by atoms with Crippen LogP contribution < -0.4 is 4.72 Å². The first kappa shape index (κ1) is 12.3. The molecule has 0 unspecified atom stereocenters. The van der Waals surface area contributed by atoms with Gasteiger partial charge in [0.1, 0.15) is 0 Å². The van der Waals surface area contributed by atoms with Gasteiger partial charge in [0.15, 0.2) is 0 Å². The van der Waals surface area contributed by atoms with Crippen LogP contribution in [0.15, 0.2) is 0 Å². The fourth-order valence-electron chi connectivity index (χ4n) is 2.27. The molecule has 0 bridgehead atoms. The number of aliphatic hydroxyl groups is 1. The summed E-state index contributed by atoms with van der Waals surface area (Å²) in [5.41, 5.74) is -0.572. The monoisotopic (exact) mass is 249 g/mol. The fourth-order valence-corrected chi connectivity index (χ4v) is 4.12. The van der Waals surface area contributed by atoms with E-state index in [2.05, 4.69) is 4.72 Å². The summed E-state index contributed by atoms with van der Waals surface area (Å²) in [6.45, 7) is 0.921. The van der Waals surface area contributed by atoms with Gasteiger partial charge in [-0.15, -0.1) is 0 Å². The Morgan fingerprint density at radius 3 is 2.38 bits per heavy atom. The first-order chi connectivity index (χ1) is 7.58. The van der Waals surface area contributed by atoms with Crippen molar-refractivity contribution in [2.24, 2.45) is 0 Å². The molecule has 0 spiro atoms. The van der Waals surface area contributed by atoms with E-state index in [1.54, 1.807) is 0 Å². The molecule has 16 heavy (non-hydrogen) atoms. The van der Waals surface area contributed by atoms with Crippen LogP contribution in [0, 0.1) is 0 Å². The first-order valence-electron chi connectivity index (χ1n) is 5.79. The van der Waals surface area contributed by atoms with Gasteiger partial charge in [-0.25, -0.2) is 13.1 Å². The maximum Gasteiger partial charge on any atom is 0.215 e. The summed E-state index contributed by atoms with van der Waals surface area (Å²) in [7, 11) is -3.30. The predicted molar refractivity (Wildman–Crippen MR) is 59.6 cm³/mol. The second-order valence-corrected chi connectivity index (χ2v) is 6.71. The molecule has 2 aliphatic rings. The highest BCUT2D eigenvalue weighted by Crippen LogP contribution is 2.33. The molecule has 2 N–H and O–H groups in total. The fraction of sp³-hybridized carbons (Fsp3) is 1.00. The van der Waals surface area contributed by atoms with Crippen molar-refractivity contribution in [1.82, 2.24) is 4.72 Å². The lowest BCUT2D eigenvalue weighted by molar-refractivity contribution is 0.0940. The van der Waals surface area contributed by atoms with Crippen LogP contribution in [-0.4, -0.2) is 44.1 Å². The summed E-state index contributed by atoms with van der Waals surface area (Å²) < 4.78 is 32.0. The first-order valence-corrected chi connectivity index (χ1v) is 7.34. The Morgan fingerprint density at radius 1 is 1.31 bits per heavy atom. The Bertz CT molecular complexity index is 325. The van der Waals surface area contributed by atoms with E-state index in [0.29, 0.717) is 26.1 Å². The quantitative estimate of drug-likeness (QED) is 0.735. The van der Waals surface area contributed by atoms with Crippen LogP contribution in [0.2, 0.25) is 0 Å². The highest BCUT2D eigenvalue weighted by Gasteiger charge is 2.42. The van der Waals surface area contributed by atoms with Crippen LogP contribution in [0.1, 0.15) is 32.1 Å². The van der Waals surface area contributed by atoms with Crippen LogP contribution in [0.25, 0.3) is 0 Å². The highest BCUT2D eigenvalue weighted by molar-refractivity contribution is 7.90. The van der Waals surface area contributed by atoms with Crippen molar-refractivity contribution in [2.45, 2.75) is 42.9 Å². The molecule has 0 aromatic carbocycles. The number of nitrogens with one attached hydrogen (secondary N) is 1. The van der Waals surface area contributed by atoms with Gasteiger partial charge in [-0.3, -0.25) is 0 Å². The molecule has 1 heterocycles. The van der Waals surface area contributed by atoms with Crippen LogP contribution in [0.5, 0.6) is 0 Å². The van der Waals surface area contributed by atoms with Gasteiger partial charge in [-0.05, 0) is 32.1 Å². The molecule has 1 aliphatic heterocycles. The Balaban J connectivity index is 2.01. The number of ether oxygens (including phenoxy) is 1. The number of rotatable bonds is 4. The molecule has 1 saturated carbocycles. The maximum atomic E-state index is 12.1. The molecular formula is C10H19NO4S. The summed E-state index contributed by atoms with van der Waals surface area (Å²) in [4.78, 5) is 0. The van der Waals surface area contributed by atoms with E-state index in [1.165, 1.54) is 0 Å². The second kappa shape index (κ2) is 4.60. The highest BCUT2D eigenvalue weighted by atomic mass is 32.2. The summed E-state index contributed by atoms with van der Waals surface area (Å²) >= 11 is 0. The van der Waals surface area contributed by atoms with Crippen molar-refractivity contribution in [2.75, 3.05) is 19.8 Å². The third kappa shape index (κ3) is 2.40. The van der Waals surface area contributed by atoms with Gasteiger partial charge in [-0.2, -0.15) is 0 Å². The maximum absolute atomic E-state index is 12.1. The zero-order valence-corrected chi connectivity index (χ0v) is 10.1. The van der Waals surface area contributed by atoms with Crippen molar-refractivity contribution < 1.29 is 18.3 Å². The minimum absolute atomic E-state index is 0.102. The zero-order chi connectivity index (χ0) is 11.6. The Morgan fingerprint density at radius 2 is 1.94 bits per heavy atom. The van der Waals surface area contributed by atoms with E-state index in [0.717, 1.165) is 19.3 Å². The van der Waals surface area contributed by atoms with Crippen molar-refractivity contribution >= 4 is 10.0 Å². The van der Waals surface area contributed by atoms with Gasteiger partial charge in [0.25, 0.3) is 0 Å². The molecule has 0 atom stereocenters. The van der Waals surface area contributed by atoms with Crippen molar-refractivity contribution in [3.8, 4) is 0 Å². The third-order valence-electron chi connectivity index (χ3n) is 3.58. The SMILES string of the molecule is O=S(=O)(NC1(CO)CCC1)C1CCOCC1. The Hall–Kier alpha value is -0.170. The van der Waals surface area contributed by atoms with Gasteiger partial charge in [-0.1, -0.05) is 0 Å².